The second kappa shape index (κ2) is 5.68. The van der Waals surface area contributed by atoms with Crippen molar-refractivity contribution < 1.29 is 14.8 Å². The van der Waals surface area contributed by atoms with Crippen molar-refractivity contribution in [2.24, 2.45) is 10.2 Å². The molecule has 2 N–H and O–H groups in total. The third-order valence-electron chi connectivity index (χ3n) is 3.09. The van der Waals surface area contributed by atoms with Crippen LogP contribution in [-0.4, -0.2) is 23.2 Å². The van der Waals surface area contributed by atoms with Crippen LogP contribution in [0.2, 0.25) is 0 Å². The first kappa shape index (κ1) is 13.8. The Morgan fingerprint density at radius 2 is 2.00 bits per heavy atom. The van der Waals surface area contributed by atoms with Crippen molar-refractivity contribution in [2.45, 2.75) is 0 Å². The molecule has 0 spiro atoms. The van der Waals surface area contributed by atoms with E-state index in [1.165, 1.54) is 30.3 Å². The maximum absolute atomic E-state index is 10.6. The molecule has 0 saturated heterocycles. The average Bonchev–Trinajstić information content (AvgIpc) is 2.53. The van der Waals surface area contributed by atoms with Crippen LogP contribution in [0.5, 0.6) is 11.5 Å². The van der Waals surface area contributed by atoms with E-state index in [9.17, 15) is 15.2 Å². The van der Waals surface area contributed by atoms with E-state index in [1.54, 1.807) is 6.07 Å². The molecule has 112 valence electrons. The highest BCUT2D eigenvalue weighted by Gasteiger charge is 2.13. The van der Waals surface area contributed by atoms with Gasteiger partial charge in [-0.3, -0.25) is 10.1 Å². The highest BCUT2D eigenvalue weighted by Crippen LogP contribution is 2.39. The van der Waals surface area contributed by atoms with Gasteiger partial charge in [0.1, 0.15) is 23.8 Å². The smallest absolute Gasteiger partial charge is 0.269 e. The van der Waals surface area contributed by atoms with Gasteiger partial charge in [0.2, 0.25) is 0 Å². The zero-order valence-corrected chi connectivity index (χ0v) is 11.4. The van der Waals surface area contributed by atoms with Crippen LogP contribution in [0, 0.1) is 10.1 Å². The summed E-state index contributed by atoms with van der Waals surface area (Å²) in [6.45, 7) is 1.22. The normalized spacial score (nSPS) is 13.3. The van der Waals surface area contributed by atoms with Gasteiger partial charge in [-0.05, 0) is 12.1 Å². The molecule has 8 nitrogen and oxygen atoms in total. The van der Waals surface area contributed by atoms with Crippen LogP contribution in [0.25, 0.3) is 0 Å². The Kier molecular flexibility index (Phi) is 3.57. The number of hydrogen-bond donors (Lipinski definition) is 2. The second-order valence-corrected chi connectivity index (χ2v) is 4.59. The number of aromatic hydroxyl groups is 1. The van der Waals surface area contributed by atoms with Gasteiger partial charge in [0.15, 0.2) is 0 Å². The van der Waals surface area contributed by atoms with Gasteiger partial charge >= 0.3 is 0 Å². The van der Waals surface area contributed by atoms with Gasteiger partial charge in [0.25, 0.3) is 5.69 Å². The Hall–Kier alpha value is -3.16. The second-order valence-electron chi connectivity index (χ2n) is 4.59. The first-order valence-electron chi connectivity index (χ1n) is 6.53. The van der Waals surface area contributed by atoms with Crippen LogP contribution in [0.15, 0.2) is 46.6 Å². The van der Waals surface area contributed by atoms with Crippen molar-refractivity contribution in [3.63, 3.8) is 0 Å². The molecule has 22 heavy (non-hydrogen) atoms. The molecule has 0 unspecified atom stereocenters. The summed E-state index contributed by atoms with van der Waals surface area (Å²) in [5, 5.41) is 31.5. The number of hydrogen-bond acceptors (Lipinski definition) is 7. The first-order chi connectivity index (χ1) is 10.6. The van der Waals surface area contributed by atoms with E-state index in [0.717, 1.165) is 0 Å². The topological polar surface area (TPSA) is 109 Å². The predicted octanol–water partition coefficient (Wildman–Crippen LogP) is 3.52. The van der Waals surface area contributed by atoms with Crippen molar-refractivity contribution in [1.29, 1.82) is 0 Å². The van der Waals surface area contributed by atoms with E-state index in [4.69, 9.17) is 4.74 Å². The van der Waals surface area contributed by atoms with Crippen LogP contribution < -0.4 is 10.1 Å². The Labute approximate surface area is 125 Å². The number of nitro groups is 1. The average molecular weight is 300 g/mol. The molecular weight excluding hydrogens is 288 g/mol. The van der Waals surface area contributed by atoms with Gasteiger partial charge in [-0.25, -0.2) is 0 Å². The van der Waals surface area contributed by atoms with Crippen molar-refractivity contribution in [1.82, 2.24) is 0 Å². The summed E-state index contributed by atoms with van der Waals surface area (Å²) in [5.74, 6) is 0.573. The fourth-order valence-corrected chi connectivity index (χ4v) is 1.99. The highest BCUT2D eigenvalue weighted by molar-refractivity contribution is 5.69. The summed E-state index contributed by atoms with van der Waals surface area (Å²) in [5.41, 5.74) is 1.40. The van der Waals surface area contributed by atoms with Crippen molar-refractivity contribution in [2.75, 3.05) is 18.5 Å². The fourth-order valence-electron chi connectivity index (χ4n) is 1.99. The molecule has 2 aromatic rings. The van der Waals surface area contributed by atoms with Gasteiger partial charge < -0.3 is 15.2 Å². The van der Waals surface area contributed by atoms with E-state index in [0.29, 0.717) is 30.3 Å². The number of non-ortho nitro benzene ring substituents is 1. The Morgan fingerprint density at radius 1 is 1.23 bits per heavy atom. The molecule has 0 amide bonds. The first-order valence-corrected chi connectivity index (χ1v) is 6.53. The minimum absolute atomic E-state index is 0.0185. The molecular formula is C14H12N4O4. The molecule has 1 aliphatic rings. The van der Waals surface area contributed by atoms with Crippen molar-refractivity contribution >= 4 is 22.7 Å². The SMILES string of the molecule is O=[N+]([O-])c1ccc(/N=N/c2cc3c(cc2O)NCCO3)cc1. The van der Waals surface area contributed by atoms with Gasteiger partial charge in [0.05, 0.1) is 16.3 Å². The number of benzene rings is 2. The standard InChI is InChI=1S/C14H12N4O4/c19-13-7-12-14(22-6-5-15-12)8-11(13)17-16-9-1-3-10(4-2-9)18(20)21/h1-4,7-8,15,19H,5-6H2/b17-16+. The molecule has 0 saturated carbocycles. The van der Waals surface area contributed by atoms with E-state index in [-0.39, 0.29) is 17.1 Å². The molecule has 0 aliphatic carbocycles. The lowest BCUT2D eigenvalue weighted by Crippen LogP contribution is -2.17. The van der Waals surface area contributed by atoms with Gasteiger partial charge in [-0.2, -0.15) is 5.11 Å². The lowest BCUT2D eigenvalue weighted by molar-refractivity contribution is -0.384. The predicted molar refractivity (Wildman–Crippen MR) is 79.4 cm³/mol. The van der Waals surface area contributed by atoms with Crippen LogP contribution in [0.1, 0.15) is 0 Å². The zero-order valence-electron chi connectivity index (χ0n) is 11.4. The quantitative estimate of drug-likeness (QED) is 0.512. The van der Waals surface area contributed by atoms with Crippen LogP contribution in [-0.2, 0) is 0 Å². The molecule has 2 aromatic carbocycles. The maximum Gasteiger partial charge on any atom is 0.269 e. The number of rotatable bonds is 3. The summed E-state index contributed by atoms with van der Waals surface area (Å²) in [6.07, 6.45) is 0. The number of phenolic OH excluding ortho intramolecular Hbond substituents is 1. The monoisotopic (exact) mass is 300 g/mol. The van der Waals surface area contributed by atoms with E-state index < -0.39 is 4.92 Å². The Bertz CT molecular complexity index is 743. The highest BCUT2D eigenvalue weighted by atomic mass is 16.6. The van der Waals surface area contributed by atoms with E-state index >= 15 is 0 Å². The summed E-state index contributed by atoms with van der Waals surface area (Å²) in [6, 6.07) is 8.76. The number of azo groups is 1. The van der Waals surface area contributed by atoms with Crippen LogP contribution >= 0.6 is 0 Å². The van der Waals surface area contributed by atoms with E-state index in [1.807, 2.05) is 0 Å². The number of anilines is 1. The summed E-state index contributed by atoms with van der Waals surface area (Å²) >= 11 is 0. The molecule has 3 rings (SSSR count). The lowest BCUT2D eigenvalue weighted by atomic mass is 10.2. The number of phenols is 1. The Balaban J connectivity index is 1.84. The number of nitrogens with zero attached hydrogens (tertiary/aromatic N) is 3. The number of nitrogens with one attached hydrogen (secondary N) is 1. The third kappa shape index (κ3) is 2.80. The van der Waals surface area contributed by atoms with Crippen LogP contribution in [0.3, 0.4) is 0 Å². The van der Waals surface area contributed by atoms with Gasteiger partial charge in [0, 0.05) is 30.8 Å². The summed E-state index contributed by atoms with van der Waals surface area (Å²) in [7, 11) is 0. The molecule has 0 atom stereocenters. The number of fused-ring (bicyclic) bond motifs is 1. The fraction of sp³-hybridized carbons (Fsp3) is 0.143. The largest absolute Gasteiger partial charge is 0.506 e. The third-order valence-corrected chi connectivity index (χ3v) is 3.09. The summed E-state index contributed by atoms with van der Waals surface area (Å²) in [4.78, 5) is 10.1. The maximum atomic E-state index is 10.6. The minimum atomic E-state index is -0.486. The van der Waals surface area contributed by atoms with Crippen molar-refractivity contribution in [3.8, 4) is 11.5 Å². The molecule has 1 heterocycles. The van der Waals surface area contributed by atoms with Gasteiger partial charge in [-0.1, -0.05) is 0 Å². The van der Waals surface area contributed by atoms with Crippen molar-refractivity contribution in [3.05, 3.63) is 46.5 Å². The minimum Gasteiger partial charge on any atom is -0.506 e. The molecule has 8 heteroatoms. The van der Waals surface area contributed by atoms with Gasteiger partial charge in [-0.15, -0.1) is 5.11 Å². The van der Waals surface area contributed by atoms with E-state index in [2.05, 4.69) is 15.5 Å². The molecule has 1 aliphatic heterocycles. The van der Waals surface area contributed by atoms with Crippen LogP contribution in [0.4, 0.5) is 22.7 Å². The Morgan fingerprint density at radius 3 is 2.73 bits per heavy atom. The lowest BCUT2D eigenvalue weighted by Gasteiger charge is -2.19. The zero-order chi connectivity index (χ0) is 15.5. The number of nitro benzene ring substituents is 1. The number of ether oxygens (including phenoxy) is 1. The molecule has 0 fully saturated rings. The molecule has 0 bridgehead atoms. The summed E-state index contributed by atoms with van der Waals surface area (Å²) < 4.78 is 5.46. The molecule has 0 aromatic heterocycles. The molecule has 0 radical (unpaired) electrons.